The van der Waals surface area contributed by atoms with Crippen LogP contribution < -0.4 is 4.74 Å². The minimum Gasteiger partial charge on any atom is -0.488 e. The van der Waals surface area contributed by atoms with Gasteiger partial charge in [0.2, 0.25) is 0 Å². The molecule has 0 atom stereocenters. The second-order valence-corrected chi connectivity index (χ2v) is 4.96. The minimum absolute atomic E-state index is 0.600. The fourth-order valence-corrected chi connectivity index (χ4v) is 2.09. The molecule has 0 aliphatic rings. The molecule has 0 N–H and O–H groups in total. The topological polar surface area (TPSA) is 9.23 Å². The van der Waals surface area contributed by atoms with Gasteiger partial charge in [-0.05, 0) is 52.5 Å². The third-order valence-electron chi connectivity index (χ3n) is 2.60. The Kier molecular flexibility index (Phi) is 3.85. The molecule has 1 nitrogen and oxygen atoms in total. The predicted molar refractivity (Wildman–Crippen MR) is 74.4 cm³/mol. The van der Waals surface area contributed by atoms with Crippen LogP contribution in [0.2, 0.25) is 0 Å². The van der Waals surface area contributed by atoms with Crippen molar-refractivity contribution in [3.05, 3.63) is 63.6 Å². The van der Waals surface area contributed by atoms with Gasteiger partial charge in [0.15, 0.2) is 0 Å². The van der Waals surface area contributed by atoms with Crippen LogP contribution in [0.1, 0.15) is 16.7 Å². The SMILES string of the molecule is Cc1cc(C)c(Br)c(OCc2ccccc2)c1. The predicted octanol–water partition coefficient (Wildman–Crippen LogP) is 4.64. The molecule has 0 spiro atoms. The first-order valence-corrected chi connectivity index (χ1v) is 6.39. The van der Waals surface area contributed by atoms with E-state index in [0.29, 0.717) is 6.61 Å². The summed E-state index contributed by atoms with van der Waals surface area (Å²) in [6, 6.07) is 14.4. The first-order chi connectivity index (χ1) is 8.16. The highest BCUT2D eigenvalue weighted by atomic mass is 79.9. The van der Waals surface area contributed by atoms with E-state index in [1.165, 1.54) is 16.7 Å². The van der Waals surface area contributed by atoms with Gasteiger partial charge in [0.25, 0.3) is 0 Å². The molecule has 17 heavy (non-hydrogen) atoms. The number of ether oxygens (including phenoxy) is 1. The standard InChI is InChI=1S/C15H15BrO/c1-11-8-12(2)15(16)14(9-11)17-10-13-6-4-3-5-7-13/h3-9H,10H2,1-2H3. The third kappa shape index (κ3) is 3.10. The molecule has 0 aliphatic carbocycles. The van der Waals surface area contributed by atoms with Crippen molar-refractivity contribution in [1.29, 1.82) is 0 Å². The zero-order valence-corrected chi connectivity index (χ0v) is 11.6. The molecule has 0 fully saturated rings. The normalized spacial score (nSPS) is 10.3. The van der Waals surface area contributed by atoms with Crippen molar-refractivity contribution in [2.75, 3.05) is 0 Å². The summed E-state index contributed by atoms with van der Waals surface area (Å²) in [5, 5.41) is 0. The summed E-state index contributed by atoms with van der Waals surface area (Å²) in [4.78, 5) is 0. The molecule has 0 amide bonds. The van der Waals surface area contributed by atoms with E-state index >= 15 is 0 Å². The summed E-state index contributed by atoms with van der Waals surface area (Å²) in [7, 11) is 0. The van der Waals surface area contributed by atoms with Crippen molar-refractivity contribution in [1.82, 2.24) is 0 Å². The van der Waals surface area contributed by atoms with Gasteiger partial charge in [0, 0.05) is 0 Å². The van der Waals surface area contributed by atoms with Gasteiger partial charge in [0.1, 0.15) is 12.4 Å². The van der Waals surface area contributed by atoms with E-state index in [4.69, 9.17) is 4.74 Å². The van der Waals surface area contributed by atoms with Crippen LogP contribution in [0.15, 0.2) is 46.9 Å². The van der Waals surface area contributed by atoms with E-state index in [0.717, 1.165) is 10.2 Å². The molecule has 0 unspecified atom stereocenters. The van der Waals surface area contributed by atoms with Gasteiger partial charge >= 0.3 is 0 Å². The van der Waals surface area contributed by atoms with Crippen LogP contribution in [0, 0.1) is 13.8 Å². The van der Waals surface area contributed by atoms with Gasteiger partial charge < -0.3 is 4.74 Å². The first kappa shape index (κ1) is 12.2. The van der Waals surface area contributed by atoms with E-state index in [2.05, 4.69) is 54.0 Å². The van der Waals surface area contributed by atoms with Crippen LogP contribution >= 0.6 is 15.9 Å². The number of hydrogen-bond acceptors (Lipinski definition) is 1. The smallest absolute Gasteiger partial charge is 0.134 e. The van der Waals surface area contributed by atoms with Crippen LogP contribution in [0.25, 0.3) is 0 Å². The zero-order chi connectivity index (χ0) is 12.3. The summed E-state index contributed by atoms with van der Waals surface area (Å²) in [6.45, 7) is 4.75. The van der Waals surface area contributed by atoms with Gasteiger partial charge in [0.05, 0.1) is 4.47 Å². The van der Waals surface area contributed by atoms with Gasteiger partial charge in [-0.15, -0.1) is 0 Å². The summed E-state index contributed by atoms with van der Waals surface area (Å²) in [6.07, 6.45) is 0. The number of halogens is 1. The maximum Gasteiger partial charge on any atom is 0.134 e. The molecular formula is C15H15BrO. The van der Waals surface area contributed by atoms with Crippen LogP contribution in [-0.4, -0.2) is 0 Å². The molecule has 0 heterocycles. The van der Waals surface area contributed by atoms with Crippen LogP contribution in [0.3, 0.4) is 0 Å². The number of benzene rings is 2. The van der Waals surface area contributed by atoms with Crippen molar-refractivity contribution in [3.63, 3.8) is 0 Å². The fourth-order valence-electron chi connectivity index (χ4n) is 1.75. The molecule has 0 aliphatic heterocycles. The first-order valence-electron chi connectivity index (χ1n) is 5.60. The van der Waals surface area contributed by atoms with E-state index in [1.807, 2.05) is 18.2 Å². The summed E-state index contributed by atoms with van der Waals surface area (Å²) < 4.78 is 6.88. The maximum absolute atomic E-state index is 5.84. The quantitative estimate of drug-likeness (QED) is 0.800. The molecule has 0 saturated heterocycles. The lowest BCUT2D eigenvalue weighted by Gasteiger charge is -2.11. The van der Waals surface area contributed by atoms with Crippen LogP contribution in [0.5, 0.6) is 5.75 Å². The molecule has 2 aromatic carbocycles. The molecule has 0 bridgehead atoms. The second-order valence-electron chi connectivity index (χ2n) is 4.17. The Morgan fingerprint density at radius 3 is 2.47 bits per heavy atom. The van der Waals surface area contributed by atoms with Gasteiger partial charge in [-0.3, -0.25) is 0 Å². The Bertz CT molecular complexity index is 506. The van der Waals surface area contributed by atoms with E-state index in [9.17, 15) is 0 Å². The minimum atomic E-state index is 0.600. The highest BCUT2D eigenvalue weighted by molar-refractivity contribution is 9.10. The molecule has 0 radical (unpaired) electrons. The summed E-state index contributed by atoms with van der Waals surface area (Å²) in [5.41, 5.74) is 3.60. The average Bonchev–Trinajstić information content (AvgIpc) is 2.33. The summed E-state index contributed by atoms with van der Waals surface area (Å²) in [5.74, 6) is 0.909. The lowest BCUT2D eigenvalue weighted by Crippen LogP contribution is -1.97. The zero-order valence-electron chi connectivity index (χ0n) is 10.0. The molecule has 88 valence electrons. The van der Waals surface area contributed by atoms with E-state index in [-0.39, 0.29) is 0 Å². The average molecular weight is 291 g/mol. The van der Waals surface area contributed by atoms with Crippen LogP contribution in [-0.2, 0) is 6.61 Å². The monoisotopic (exact) mass is 290 g/mol. The molecule has 2 heteroatoms. The number of aryl methyl sites for hydroxylation is 2. The van der Waals surface area contributed by atoms with Crippen LogP contribution in [0.4, 0.5) is 0 Å². The molecule has 2 rings (SSSR count). The Balaban J connectivity index is 2.14. The number of rotatable bonds is 3. The van der Waals surface area contributed by atoms with Gasteiger partial charge in [-0.1, -0.05) is 36.4 Å². The van der Waals surface area contributed by atoms with Crippen molar-refractivity contribution < 1.29 is 4.74 Å². The summed E-state index contributed by atoms with van der Waals surface area (Å²) >= 11 is 3.56. The Morgan fingerprint density at radius 2 is 1.76 bits per heavy atom. The van der Waals surface area contributed by atoms with Gasteiger partial charge in [-0.25, -0.2) is 0 Å². The highest BCUT2D eigenvalue weighted by Gasteiger charge is 2.05. The Hall–Kier alpha value is -1.28. The molecular weight excluding hydrogens is 276 g/mol. The fraction of sp³-hybridized carbons (Fsp3) is 0.200. The number of hydrogen-bond donors (Lipinski definition) is 0. The third-order valence-corrected chi connectivity index (χ3v) is 3.62. The Morgan fingerprint density at radius 1 is 1.06 bits per heavy atom. The van der Waals surface area contributed by atoms with Crippen molar-refractivity contribution in [2.45, 2.75) is 20.5 Å². The lowest BCUT2D eigenvalue weighted by molar-refractivity contribution is 0.304. The van der Waals surface area contributed by atoms with E-state index < -0.39 is 0 Å². The second kappa shape index (κ2) is 5.37. The Labute approximate surface area is 111 Å². The van der Waals surface area contributed by atoms with E-state index in [1.54, 1.807) is 0 Å². The van der Waals surface area contributed by atoms with Crippen molar-refractivity contribution >= 4 is 15.9 Å². The molecule has 0 aromatic heterocycles. The van der Waals surface area contributed by atoms with Crippen molar-refractivity contribution in [3.8, 4) is 5.75 Å². The molecule has 0 saturated carbocycles. The maximum atomic E-state index is 5.84. The van der Waals surface area contributed by atoms with Crippen molar-refractivity contribution in [2.24, 2.45) is 0 Å². The highest BCUT2D eigenvalue weighted by Crippen LogP contribution is 2.30. The lowest BCUT2D eigenvalue weighted by atomic mass is 10.1. The molecule has 2 aromatic rings. The largest absolute Gasteiger partial charge is 0.488 e. The van der Waals surface area contributed by atoms with Gasteiger partial charge in [-0.2, -0.15) is 0 Å².